The summed E-state index contributed by atoms with van der Waals surface area (Å²) in [5.74, 6) is -1.30. The summed E-state index contributed by atoms with van der Waals surface area (Å²) in [4.78, 5) is 23.2. The maximum Gasteiger partial charge on any atom is 0.315 e. The molecule has 27 heavy (non-hydrogen) atoms. The van der Waals surface area contributed by atoms with Crippen LogP contribution in [-0.4, -0.2) is 48.2 Å². The van der Waals surface area contributed by atoms with E-state index in [1.54, 1.807) is 0 Å². The molecule has 1 aliphatic heterocycles. The van der Waals surface area contributed by atoms with E-state index in [0.717, 1.165) is 31.2 Å². The molecule has 0 radical (unpaired) electrons. The number of hydrogen-bond donors (Lipinski definition) is 3. The van der Waals surface area contributed by atoms with Gasteiger partial charge in [-0.15, -0.1) is 0 Å². The Hall–Kier alpha value is -2.12. The highest BCUT2D eigenvalue weighted by molar-refractivity contribution is 5.74. The molecule has 2 fully saturated rings. The standard InChI is InChI=1S/C20H28N2O5/c23-18(24)9-8-16(12-15-6-2-1-3-7-15)22-19(25)21-13-17-14-26-20(27-17)10-4-5-11-20/h1-3,6-7,16-17H,4-5,8-14H2,(H,23,24)(H2,21,22,25). The minimum Gasteiger partial charge on any atom is -0.481 e. The molecule has 3 N–H and O–H groups in total. The van der Waals surface area contributed by atoms with Crippen molar-refractivity contribution in [1.82, 2.24) is 10.6 Å². The van der Waals surface area contributed by atoms with Gasteiger partial charge >= 0.3 is 12.0 Å². The lowest BCUT2D eigenvalue weighted by atomic mass is 10.0. The lowest BCUT2D eigenvalue weighted by Crippen LogP contribution is -2.46. The van der Waals surface area contributed by atoms with Gasteiger partial charge in [0.2, 0.25) is 0 Å². The molecule has 1 saturated carbocycles. The molecule has 7 heteroatoms. The molecule has 0 bridgehead atoms. The fourth-order valence-electron chi connectivity index (χ4n) is 3.76. The van der Waals surface area contributed by atoms with E-state index in [9.17, 15) is 9.59 Å². The second-order valence-electron chi connectivity index (χ2n) is 7.34. The smallest absolute Gasteiger partial charge is 0.315 e. The Balaban J connectivity index is 1.46. The molecule has 2 amide bonds. The van der Waals surface area contributed by atoms with Gasteiger partial charge in [0.15, 0.2) is 5.79 Å². The first-order chi connectivity index (χ1) is 13.0. The fourth-order valence-corrected chi connectivity index (χ4v) is 3.76. The van der Waals surface area contributed by atoms with Gasteiger partial charge in [0.25, 0.3) is 0 Å². The summed E-state index contributed by atoms with van der Waals surface area (Å²) in [5, 5.41) is 14.7. The van der Waals surface area contributed by atoms with Crippen molar-refractivity contribution in [2.75, 3.05) is 13.2 Å². The number of rotatable bonds is 8. The van der Waals surface area contributed by atoms with Crippen LogP contribution < -0.4 is 10.6 Å². The first-order valence-corrected chi connectivity index (χ1v) is 9.66. The van der Waals surface area contributed by atoms with Gasteiger partial charge in [-0.3, -0.25) is 4.79 Å². The van der Waals surface area contributed by atoms with Crippen molar-refractivity contribution in [2.24, 2.45) is 0 Å². The number of carbonyl (C=O) groups excluding carboxylic acids is 1. The van der Waals surface area contributed by atoms with Crippen LogP contribution in [0.4, 0.5) is 4.79 Å². The van der Waals surface area contributed by atoms with Gasteiger partial charge in [0.1, 0.15) is 6.10 Å². The molecule has 2 aliphatic rings. The van der Waals surface area contributed by atoms with Crippen LogP contribution in [0.2, 0.25) is 0 Å². The van der Waals surface area contributed by atoms with Crippen LogP contribution in [0, 0.1) is 0 Å². The van der Waals surface area contributed by atoms with Crippen molar-refractivity contribution in [3.8, 4) is 0 Å². The highest BCUT2D eigenvalue weighted by Gasteiger charge is 2.43. The minimum atomic E-state index is -0.867. The van der Waals surface area contributed by atoms with E-state index in [1.165, 1.54) is 0 Å². The topological polar surface area (TPSA) is 96.9 Å². The Morgan fingerprint density at radius 1 is 1.22 bits per heavy atom. The highest BCUT2D eigenvalue weighted by Crippen LogP contribution is 2.38. The van der Waals surface area contributed by atoms with E-state index in [0.29, 0.717) is 26.0 Å². The molecule has 7 nitrogen and oxygen atoms in total. The van der Waals surface area contributed by atoms with Crippen molar-refractivity contribution in [3.63, 3.8) is 0 Å². The molecule has 1 aromatic carbocycles. The van der Waals surface area contributed by atoms with Crippen LogP contribution in [0.1, 0.15) is 44.1 Å². The summed E-state index contributed by atoms with van der Waals surface area (Å²) in [6, 6.07) is 9.18. The number of nitrogens with one attached hydrogen (secondary N) is 2. The highest BCUT2D eigenvalue weighted by atomic mass is 16.7. The third-order valence-electron chi connectivity index (χ3n) is 5.14. The zero-order valence-electron chi connectivity index (χ0n) is 15.5. The molecule has 0 aromatic heterocycles. The maximum absolute atomic E-state index is 12.3. The van der Waals surface area contributed by atoms with E-state index < -0.39 is 11.8 Å². The maximum atomic E-state index is 12.3. The molecule has 1 spiro atoms. The second-order valence-corrected chi connectivity index (χ2v) is 7.34. The largest absolute Gasteiger partial charge is 0.481 e. The van der Waals surface area contributed by atoms with Crippen molar-refractivity contribution < 1.29 is 24.2 Å². The van der Waals surface area contributed by atoms with Crippen LogP contribution in [0.5, 0.6) is 0 Å². The number of hydrogen-bond acceptors (Lipinski definition) is 4. The molecular formula is C20H28N2O5. The molecule has 3 rings (SSSR count). The van der Waals surface area contributed by atoms with Crippen molar-refractivity contribution in [3.05, 3.63) is 35.9 Å². The van der Waals surface area contributed by atoms with Crippen molar-refractivity contribution in [2.45, 2.75) is 62.9 Å². The Kier molecular flexibility index (Phi) is 6.68. The van der Waals surface area contributed by atoms with Gasteiger partial charge in [-0.1, -0.05) is 30.3 Å². The van der Waals surface area contributed by atoms with Crippen LogP contribution in [0.15, 0.2) is 30.3 Å². The lowest BCUT2D eigenvalue weighted by molar-refractivity contribution is -0.160. The van der Waals surface area contributed by atoms with Crippen molar-refractivity contribution >= 4 is 12.0 Å². The summed E-state index contributed by atoms with van der Waals surface area (Å²) in [5.41, 5.74) is 1.06. The van der Waals surface area contributed by atoms with Gasteiger partial charge < -0.3 is 25.2 Å². The Bertz CT molecular complexity index is 631. The van der Waals surface area contributed by atoms with Gasteiger partial charge in [-0.05, 0) is 31.2 Å². The van der Waals surface area contributed by atoms with E-state index in [2.05, 4.69) is 10.6 Å². The van der Waals surface area contributed by atoms with E-state index in [-0.39, 0.29) is 24.6 Å². The summed E-state index contributed by atoms with van der Waals surface area (Å²) >= 11 is 0. The molecule has 148 valence electrons. The number of benzene rings is 1. The van der Waals surface area contributed by atoms with E-state index in [4.69, 9.17) is 14.6 Å². The lowest BCUT2D eigenvalue weighted by Gasteiger charge is -2.22. The van der Waals surface area contributed by atoms with Gasteiger partial charge in [0, 0.05) is 31.8 Å². The van der Waals surface area contributed by atoms with Crippen LogP contribution in [0.25, 0.3) is 0 Å². The Labute approximate surface area is 159 Å². The Morgan fingerprint density at radius 3 is 2.67 bits per heavy atom. The number of aliphatic carboxylic acids is 1. The number of carboxylic acid groups (broad SMARTS) is 1. The SMILES string of the molecule is O=C(O)CCC(Cc1ccccc1)NC(=O)NCC1COC2(CCCC2)O1. The fraction of sp³-hybridized carbons (Fsp3) is 0.600. The molecule has 1 saturated heterocycles. The molecule has 1 aromatic rings. The third kappa shape index (κ3) is 5.94. The molecular weight excluding hydrogens is 348 g/mol. The predicted octanol–water partition coefficient (Wildman–Crippen LogP) is 2.45. The normalized spacial score (nSPS) is 21.9. The summed E-state index contributed by atoms with van der Waals surface area (Å²) < 4.78 is 11.8. The van der Waals surface area contributed by atoms with Crippen LogP contribution in [-0.2, 0) is 20.7 Å². The summed E-state index contributed by atoms with van der Waals surface area (Å²) in [6.07, 6.45) is 4.92. The predicted molar refractivity (Wildman–Crippen MR) is 99.4 cm³/mol. The first kappa shape index (κ1) is 19.6. The molecule has 1 aliphatic carbocycles. The quantitative estimate of drug-likeness (QED) is 0.648. The van der Waals surface area contributed by atoms with Crippen LogP contribution >= 0.6 is 0 Å². The van der Waals surface area contributed by atoms with E-state index in [1.807, 2.05) is 30.3 Å². The minimum absolute atomic E-state index is 0.0138. The number of ether oxygens (including phenoxy) is 2. The number of carboxylic acids is 1. The number of amides is 2. The zero-order chi connectivity index (χ0) is 19.1. The van der Waals surface area contributed by atoms with Gasteiger partial charge in [0.05, 0.1) is 6.61 Å². The number of urea groups is 1. The van der Waals surface area contributed by atoms with Gasteiger partial charge in [-0.25, -0.2) is 4.79 Å². The molecule has 2 atom stereocenters. The average molecular weight is 376 g/mol. The molecule has 2 unspecified atom stereocenters. The summed E-state index contributed by atoms with van der Waals surface area (Å²) in [7, 11) is 0. The number of carbonyl (C=O) groups is 2. The van der Waals surface area contributed by atoms with E-state index >= 15 is 0 Å². The second kappa shape index (κ2) is 9.19. The van der Waals surface area contributed by atoms with Crippen molar-refractivity contribution in [1.29, 1.82) is 0 Å². The first-order valence-electron chi connectivity index (χ1n) is 9.66. The molecule has 1 heterocycles. The van der Waals surface area contributed by atoms with Crippen LogP contribution in [0.3, 0.4) is 0 Å². The Morgan fingerprint density at radius 2 is 1.96 bits per heavy atom. The monoisotopic (exact) mass is 376 g/mol. The average Bonchev–Trinajstić information content (AvgIpc) is 3.28. The zero-order valence-corrected chi connectivity index (χ0v) is 15.5. The third-order valence-corrected chi connectivity index (χ3v) is 5.14. The summed E-state index contributed by atoms with van der Waals surface area (Å²) in [6.45, 7) is 0.872. The van der Waals surface area contributed by atoms with Gasteiger partial charge in [-0.2, -0.15) is 0 Å².